The summed E-state index contributed by atoms with van der Waals surface area (Å²) in [6.07, 6.45) is -3.44. The topological polar surface area (TPSA) is 0 Å². The van der Waals surface area contributed by atoms with E-state index in [4.69, 9.17) is 0 Å². The third kappa shape index (κ3) is 4.21. The van der Waals surface area contributed by atoms with Crippen molar-refractivity contribution in [2.75, 3.05) is 0 Å². The zero-order valence-corrected chi connectivity index (χ0v) is 9.66. The van der Waals surface area contributed by atoms with Gasteiger partial charge in [-0.1, -0.05) is 27.2 Å². The Labute approximate surface area is 93.3 Å². The molecule has 1 aromatic rings. The van der Waals surface area contributed by atoms with Gasteiger partial charge in [-0.15, -0.1) is 0 Å². The average Bonchev–Trinajstić information content (AvgIpc) is 2.23. The minimum atomic E-state index is -4.39. The summed E-state index contributed by atoms with van der Waals surface area (Å²) in [4.78, 5) is 0. The number of aryl methyl sites for hydroxylation is 1. The van der Waals surface area contributed by atoms with E-state index in [-0.39, 0.29) is 5.56 Å². The van der Waals surface area contributed by atoms with Crippen molar-refractivity contribution in [2.45, 2.75) is 39.8 Å². The van der Waals surface area contributed by atoms with Crippen molar-refractivity contribution in [3.8, 4) is 0 Å². The van der Waals surface area contributed by atoms with Crippen LogP contribution in [0.15, 0.2) is 18.2 Å². The molecule has 0 saturated heterocycles. The minimum Gasteiger partial charge on any atom is -0.207 e. The molecule has 0 amide bonds. The Hall–Kier alpha value is -1.06. The lowest BCUT2D eigenvalue weighted by Crippen LogP contribution is -2.06. The lowest BCUT2D eigenvalue weighted by atomic mass is 10.1. The maximum Gasteiger partial charge on any atom is 0.416 e. The Kier molecular flexibility index (Phi) is 6.08. The van der Waals surface area contributed by atoms with Gasteiger partial charge in [-0.05, 0) is 30.2 Å². The smallest absolute Gasteiger partial charge is 0.207 e. The molecule has 0 atom stereocenters. The van der Waals surface area contributed by atoms with E-state index in [2.05, 4.69) is 0 Å². The van der Waals surface area contributed by atoms with Crippen LogP contribution in [0.2, 0.25) is 0 Å². The minimum absolute atomic E-state index is 0.127. The first kappa shape index (κ1) is 14.9. The van der Waals surface area contributed by atoms with Gasteiger partial charge in [-0.2, -0.15) is 13.2 Å². The molecule has 16 heavy (non-hydrogen) atoms. The Balaban J connectivity index is 0.00000106. The fraction of sp³-hybridized carbons (Fsp3) is 0.500. The van der Waals surface area contributed by atoms with Crippen molar-refractivity contribution in [1.29, 1.82) is 0 Å². The first-order valence-electron chi connectivity index (χ1n) is 5.30. The summed E-state index contributed by atoms with van der Waals surface area (Å²) >= 11 is 0. The van der Waals surface area contributed by atoms with Crippen molar-refractivity contribution in [3.63, 3.8) is 0 Å². The Bertz CT molecular complexity index is 315. The number of benzene rings is 1. The van der Waals surface area contributed by atoms with E-state index in [0.717, 1.165) is 18.2 Å². The second kappa shape index (κ2) is 6.51. The number of rotatable bonds is 2. The fourth-order valence-electron chi connectivity index (χ4n) is 1.21. The molecule has 92 valence electrons. The summed E-state index contributed by atoms with van der Waals surface area (Å²) in [7, 11) is 0. The third-order valence-corrected chi connectivity index (χ3v) is 1.89. The molecule has 1 aromatic carbocycles. The molecule has 0 aliphatic heterocycles. The molecule has 0 aliphatic carbocycles. The van der Waals surface area contributed by atoms with Gasteiger partial charge >= 0.3 is 6.18 Å². The molecule has 1 rings (SSSR count). The van der Waals surface area contributed by atoms with Crippen LogP contribution in [0, 0.1) is 5.82 Å². The van der Waals surface area contributed by atoms with Crippen LogP contribution in [0.4, 0.5) is 17.6 Å². The van der Waals surface area contributed by atoms with Crippen molar-refractivity contribution in [1.82, 2.24) is 0 Å². The van der Waals surface area contributed by atoms with Crippen molar-refractivity contribution in [2.24, 2.45) is 0 Å². The van der Waals surface area contributed by atoms with Gasteiger partial charge in [0.15, 0.2) is 0 Å². The predicted molar refractivity (Wildman–Crippen MR) is 56.7 cm³/mol. The maximum absolute atomic E-state index is 13.0. The quantitative estimate of drug-likeness (QED) is 0.645. The number of hydrogen-bond donors (Lipinski definition) is 0. The molecule has 0 aromatic heterocycles. The normalized spacial score (nSPS) is 10.7. The monoisotopic (exact) mass is 236 g/mol. The van der Waals surface area contributed by atoms with Gasteiger partial charge in [0.25, 0.3) is 0 Å². The zero-order chi connectivity index (χ0) is 12.8. The molecule has 0 N–H and O–H groups in total. The van der Waals surface area contributed by atoms with E-state index in [1.807, 2.05) is 13.8 Å². The second-order valence-electron chi connectivity index (χ2n) is 3.05. The molecule has 0 saturated carbocycles. The largest absolute Gasteiger partial charge is 0.416 e. The SMILES string of the molecule is CC.CCCc1cc(C(F)(F)F)ccc1F. The van der Waals surface area contributed by atoms with Crippen LogP contribution in [-0.2, 0) is 12.6 Å². The van der Waals surface area contributed by atoms with Gasteiger partial charge in [0.2, 0.25) is 0 Å². The Morgan fingerprint density at radius 3 is 2.12 bits per heavy atom. The van der Waals surface area contributed by atoms with Gasteiger partial charge in [0, 0.05) is 0 Å². The predicted octanol–water partition coefficient (Wildman–Crippen LogP) is 4.82. The lowest BCUT2D eigenvalue weighted by Gasteiger charge is -2.08. The van der Waals surface area contributed by atoms with E-state index in [9.17, 15) is 17.6 Å². The Morgan fingerprint density at radius 2 is 1.69 bits per heavy atom. The molecule has 0 bridgehead atoms. The highest BCUT2D eigenvalue weighted by molar-refractivity contribution is 5.27. The van der Waals surface area contributed by atoms with Crippen LogP contribution in [0.1, 0.15) is 38.3 Å². The summed E-state index contributed by atoms with van der Waals surface area (Å²) < 4.78 is 49.6. The highest BCUT2D eigenvalue weighted by Gasteiger charge is 2.30. The number of hydrogen-bond acceptors (Lipinski definition) is 0. The summed E-state index contributed by atoms with van der Waals surface area (Å²) in [5.41, 5.74) is -0.662. The summed E-state index contributed by atoms with van der Waals surface area (Å²) in [6.45, 7) is 5.79. The molecule has 0 unspecified atom stereocenters. The van der Waals surface area contributed by atoms with Crippen molar-refractivity contribution in [3.05, 3.63) is 35.1 Å². The first-order valence-corrected chi connectivity index (χ1v) is 5.30. The zero-order valence-electron chi connectivity index (χ0n) is 9.66. The highest BCUT2D eigenvalue weighted by atomic mass is 19.4. The van der Waals surface area contributed by atoms with E-state index < -0.39 is 17.6 Å². The molecule has 0 nitrogen and oxygen atoms in total. The van der Waals surface area contributed by atoms with Gasteiger partial charge in [-0.25, -0.2) is 4.39 Å². The molecule has 0 aliphatic rings. The lowest BCUT2D eigenvalue weighted by molar-refractivity contribution is -0.137. The summed E-state index contributed by atoms with van der Waals surface area (Å²) in [6, 6.07) is 2.50. The number of halogens is 4. The average molecular weight is 236 g/mol. The molecular weight excluding hydrogens is 220 g/mol. The van der Waals surface area contributed by atoms with Gasteiger partial charge in [0.1, 0.15) is 5.82 Å². The van der Waals surface area contributed by atoms with E-state index >= 15 is 0 Å². The molecule has 0 radical (unpaired) electrons. The van der Waals surface area contributed by atoms with Gasteiger partial charge in [-0.3, -0.25) is 0 Å². The summed E-state index contributed by atoms with van der Waals surface area (Å²) in [5.74, 6) is -0.570. The molecule has 0 fully saturated rings. The fourth-order valence-corrected chi connectivity index (χ4v) is 1.21. The Morgan fingerprint density at radius 1 is 1.12 bits per heavy atom. The van der Waals surface area contributed by atoms with E-state index in [0.29, 0.717) is 12.8 Å². The van der Waals surface area contributed by atoms with Gasteiger partial charge in [0.05, 0.1) is 5.56 Å². The van der Waals surface area contributed by atoms with Gasteiger partial charge < -0.3 is 0 Å². The van der Waals surface area contributed by atoms with Crippen LogP contribution in [0.25, 0.3) is 0 Å². The third-order valence-electron chi connectivity index (χ3n) is 1.89. The van der Waals surface area contributed by atoms with Crippen LogP contribution in [-0.4, -0.2) is 0 Å². The first-order chi connectivity index (χ1) is 7.45. The van der Waals surface area contributed by atoms with Crippen LogP contribution >= 0.6 is 0 Å². The summed E-state index contributed by atoms with van der Waals surface area (Å²) in [5, 5.41) is 0. The molecule has 0 spiro atoms. The second-order valence-corrected chi connectivity index (χ2v) is 3.05. The van der Waals surface area contributed by atoms with Crippen LogP contribution < -0.4 is 0 Å². The van der Waals surface area contributed by atoms with Crippen LogP contribution in [0.3, 0.4) is 0 Å². The maximum atomic E-state index is 13.0. The molecule has 4 heteroatoms. The van der Waals surface area contributed by atoms with E-state index in [1.54, 1.807) is 6.92 Å². The standard InChI is InChI=1S/C10H10F4.C2H6/c1-2-3-7-6-8(10(12,13)14)4-5-9(7)11;1-2/h4-6H,2-3H2,1H3;1-2H3. The van der Waals surface area contributed by atoms with Crippen LogP contribution in [0.5, 0.6) is 0 Å². The molecular formula is C12H16F4. The molecule has 0 heterocycles. The highest BCUT2D eigenvalue weighted by Crippen LogP contribution is 2.30. The van der Waals surface area contributed by atoms with Crippen molar-refractivity contribution >= 4 is 0 Å². The van der Waals surface area contributed by atoms with Crippen molar-refractivity contribution < 1.29 is 17.6 Å². The van der Waals surface area contributed by atoms with E-state index in [1.165, 1.54) is 0 Å². The number of alkyl halides is 3.